The smallest absolute Gasteiger partial charge is 0.259 e. The molecule has 0 unspecified atom stereocenters. The number of pyridine rings is 1. The summed E-state index contributed by atoms with van der Waals surface area (Å²) in [5.41, 5.74) is 1.62. The van der Waals surface area contributed by atoms with Crippen LogP contribution in [0.4, 0.5) is 5.82 Å². The Bertz CT molecular complexity index is 1020. The SMILES string of the molecule is O=C(Nc1cn(Cc2ccccc2)nn1)c1cncc2ccccc12. The predicted octanol–water partition coefficient (Wildman–Crippen LogP) is 3.13. The van der Waals surface area contributed by atoms with Crippen LogP contribution in [0.1, 0.15) is 15.9 Å². The second-order valence-corrected chi connectivity index (χ2v) is 5.65. The van der Waals surface area contributed by atoms with E-state index in [9.17, 15) is 4.79 Å². The molecule has 1 N–H and O–H groups in total. The van der Waals surface area contributed by atoms with Gasteiger partial charge in [0.1, 0.15) is 0 Å². The molecule has 6 heteroatoms. The molecule has 2 aromatic carbocycles. The van der Waals surface area contributed by atoms with Gasteiger partial charge in [0.2, 0.25) is 0 Å². The van der Waals surface area contributed by atoms with E-state index in [1.807, 2.05) is 54.6 Å². The molecule has 0 spiro atoms. The van der Waals surface area contributed by atoms with Gasteiger partial charge in [-0.2, -0.15) is 0 Å². The zero-order valence-electron chi connectivity index (χ0n) is 13.3. The molecule has 1 amide bonds. The van der Waals surface area contributed by atoms with Crippen molar-refractivity contribution in [3.05, 3.63) is 84.3 Å². The zero-order chi connectivity index (χ0) is 17.1. The number of carbonyl (C=O) groups excluding carboxylic acids is 1. The third-order valence-electron chi connectivity index (χ3n) is 3.88. The number of nitrogens with zero attached hydrogens (tertiary/aromatic N) is 4. The monoisotopic (exact) mass is 329 g/mol. The van der Waals surface area contributed by atoms with Gasteiger partial charge in [0.25, 0.3) is 5.91 Å². The van der Waals surface area contributed by atoms with Crippen molar-refractivity contribution in [3.8, 4) is 0 Å². The van der Waals surface area contributed by atoms with Gasteiger partial charge in [-0.15, -0.1) is 5.10 Å². The molecule has 4 rings (SSSR count). The number of fused-ring (bicyclic) bond motifs is 1. The molecule has 4 aromatic rings. The first-order chi connectivity index (χ1) is 12.3. The van der Waals surface area contributed by atoms with E-state index in [1.165, 1.54) is 0 Å². The molecule has 0 aliphatic rings. The van der Waals surface area contributed by atoms with Crippen LogP contribution in [-0.2, 0) is 6.54 Å². The average Bonchev–Trinajstić information content (AvgIpc) is 3.09. The lowest BCUT2D eigenvalue weighted by atomic mass is 10.1. The normalized spacial score (nSPS) is 10.7. The van der Waals surface area contributed by atoms with Gasteiger partial charge in [-0.3, -0.25) is 9.78 Å². The second-order valence-electron chi connectivity index (χ2n) is 5.65. The summed E-state index contributed by atoms with van der Waals surface area (Å²) >= 11 is 0. The highest BCUT2D eigenvalue weighted by molar-refractivity contribution is 6.12. The first-order valence-electron chi connectivity index (χ1n) is 7.88. The highest BCUT2D eigenvalue weighted by atomic mass is 16.1. The summed E-state index contributed by atoms with van der Waals surface area (Å²) in [5, 5.41) is 12.6. The van der Waals surface area contributed by atoms with E-state index < -0.39 is 0 Å². The Balaban J connectivity index is 1.53. The van der Waals surface area contributed by atoms with Gasteiger partial charge in [-0.25, -0.2) is 4.68 Å². The Hall–Kier alpha value is -3.54. The van der Waals surface area contributed by atoms with Gasteiger partial charge in [0.15, 0.2) is 5.82 Å². The van der Waals surface area contributed by atoms with Crippen molar-refractivity contribution in [1.29, 1.82) is 0 Å². The van der Waals surface area contributed by atoms with Crippen molar-refractivity contribution in [3.63, 3.8) is 0 Å². The summed E-state index contributed by atoms with van der Waals surface area (Å²) in [4.78, 5) is 16.7. The number of nitrogens with one attached hydrogen (secondary N) is 1. The Kier molecular flexibility index (Phi) is 3.92. The van der Waals surface area contributed by atoms with Crippen molar-refractivity contribution < 1.29 is 4.79 Å². The summed E-state index contributed by atoms with van der Waals surface area (Å²) < 4.78 is 1.69. The van der Waals surface area contributed by atoms with E-state index in [-0.39, 0.29) is 5.91 Å². The lowest BCUT2D eigenvalue weighted by Gasteiger charge is -2.05. The third-order valence-corrected chi connectivity index (χ3v) is 3.88. The molecule has 0 aliphatic heterocycles. The fraction of sp³-hybridized carbons (Fsp3) is 0.0526. The average molecular weight is 329 g/mol. The summed E-state index contributed by atoms with van der Waals surface area (Å²) in [7, 11) is 0. The van der Waals surface area contributed by atoms with Gasteiger partial charge >= 0.3 is 0 Å². The van der Waals surface area contributed by atoms with Crippen LogP contribution in [-0.4, -0.2) is 25.9 Å². The van der Waals surface area contributed by atoms with Crippen LogP contribution in [0.15, 0.2) is 73.2 Å². The number of rotatable bonds is 4. The molecule has 2 heterocycles. The summed E-state index contributed by atoms with van der Waals surface area (Å²) in [5.74, 6) is 0.157. The summed E-state index contributed by atoms with van der Waals surface area (Å²) in [6.45, 7) is 0.597. The van der Waals surface area contributed by atoms with Crippen LogP contribution in [0, 0.1) is 0 Å². The Labute approximate surface area is 144 Å². The van der Waals surface area contributed by atoms with Crippen LogP contribution in [0.5, 0.6) is 0 Å². The topological polar surface area (TPSA) is 72.7 Å². The molecule has 6 nitrogen and oxygen atoms in total. The fourth-order valence-corrected chi connectivity index (χ4v) is 2.68. The van der Waals surface area contributed by atoms with Crippen molar-refractivity contribution in [1.82, 2.24) is 20.0 Å². The van der Waals surface area contributed by atoms with Crippen LogP contribution in [0.25, 0.3) is 10.8 Å². The number of carbonyl (C=O) groups is 1. The van der Waals surface area contributed by atoms with Crippen molar-refractivity contribution in [2.45, 2.75) is 6.54 Å². The Morgan fingerprint density at radius 2 is 1.80 bits per heavy atom. The maximum Gasteiger partial charge on any atom is 0.259 e. The molecule has 2 aromatic heterocycles. The van der Waals surface area contributed by atoms with Crippen LogP contribution in [0.3, 0.4) is 0 Å². The molecule has 0 atom stereocenters. The predicted molar refractivity (Wildman–Crippen MR) is 95.3 cm³/mol. The summed E-state index contributed by atoms with van der Waals surface area (Å²) in [6, 6.07) is 17.6. The minimum Gasteiger partial charge on any atom is -0.304 e. The molecule has 0 saturated carbocycles. The van der Waals surface area contributed by atoms with Crippen molar-refractivity contribution >= 4 is 22.5 Å². The molecule has 0 fully saturated rings. The quantitative estimate of drug-likeness (QED) is 0.624. The molecule has 0 aliphatic carbocycles. The molecule has 122 valence electrons. The number of amides is 1. The van der Waals surface area contributed by atoms with Gasteiger partial charge in [-0.1, -0.05) is 59.8 Å². The molecule has 0 bridgehead atoms. The van der Waals surface area contributed by atoms with Crippen molar-refractivity contribution in [2.24, 2.45) is 0 Å². The van der Waals surface area contributed by atoms with E-state index in [0.29, 0.717) is 17.9 Å². The molecular weight excluding hydrogens is 314 g/mol. The van der Waals surface area contributed by atoms with Crippen molar-refractivity contribution in [2.75, 3.05) is 5.32 Å². The number of benzene rings is 2. The highest BCUT2D eigenvalue weighted by Crippen LogP contribution is 2.18. The Morgan fingerprint density at radius 1 is 1.00 bits per heavy atom. The number of anilines is 1. The first kappa shape index (κ1) is 15.0. The maximum atomic E-state index is 12.6. The molecule has 0 radical (unpaired) electrons. The van der Waals surface area contributed by atoms with E-state index in [2.05, 4.69) is 20.6 Å². The lowest BCUT2D eigenvalue weighted by Crippen LogP contribution is -2.13. The van der Waals surface area contributed by atoms with E-state index in [1.54, 1.807) is 23.3 Å². The van der Waals surface area contributed by atoms with Crippen LogP contribution >= 0.6 is 0 Å². The number of hydrogen-bond donors (Lipinski definition) is 1. The minimum absolute atomic E-state index is 0.254. The zero-order valence-corrected chi connectivity index (χ0v) is 13.3. The van der Waals surface area contributed by atoms with E-state index in [0.717, 1.165) is 16.3 Å². The van der Waals surface area contributed by atoms with E-state index in [4.69, 9.17) is 0 Å². The third kappa shape index (κ3) is 3.23. The van der Waals surface area contributed by atoms with E-state index >= 15 is 0 Å². The number of aromatic nitrogens is 4. The molecule has 0 saturated heterocycles. The lowest BCUT2D eigenvalue weighted by molar-refractivity contribution is 0.102. The fourth-order valence-electron chi connectivity index (χ4n) is 2.68. The summed E-state index contributed by atoms with van der Waals surface area (Å²) in [6.07, 6.45) is 5.01. The second kappa shape index (κ2) is 6.52. The van der Waals surface area contributed by atoms with Gasteiger partial charge in [0.05, 0.1) is 18.3 Å². The van der Waals surface area contributed by atoms with Gasteiger partial charge in [-0.05, 0) is 10.9 Å². The molecule has 25 heavy (non-hydrogen) atoms. The first-order valence-corrected chi connectivity index (χ1v) is 7.88. The van der Waals surface area contributed by atoms with Crippen LogP contribution < -0.4 is 5.32 Å². The van der Waals surface area contributed by atoms with Gasteiger partial charge in [0, 0.05) is 17.8 Å². The highest BCUT2D eigenvalue weighted by Gasteiger charge is 2.12. The minimum atomic E-state index is -0.254. The number of hydrogen-bond acceptors (Lipinski definition) is 4. The van der Waals surface area contributed by atoms with Crippen LogP contribution in [0.2, 0.25) is 0 Å². The largest absolute Gasteiger partial charge is 0.304 e. The molecular formula is C19H15N5O. The Morgan fingerprint density at radius 3 is 2.68 bits per heavy atom. The standard InChI is InChI=1S/C19H15N5O/c25-19(17-11-20-10-15-8-4-5-9-16(15)17)21-18-13-24(23-22-18)12-14-6-2-1-3-7-14/h1-11,13H,12H2,(H,21,25). The van der Waals surface area contributed by atoms with Gasteiger partial charge < -0.3 is 5.32 Å². The maximum absolute atomic E-state index is 12.6.